The van der Waals surface area contributed by atoms with Gasteiger partial charge in [0.2, 0.25) is 11.8 Å². The van der Waals surface area contributed by atoms with E-state index in [2.05, 4.69) is 0 Å². The lowest BCUT2D eigenvalue weighted by molar-refractivity contribution is -0.147. The minimum Gasteiger partial charge on any atom is -0.481 e. The molecular formula is C19H22ClFN2O4. The van der Waals surface area contributed by atoms with Crippen molar-refractivity contribution in [3.63, 3.8) is 0 Å². The number of aliphatic carboxylic acids is 1. The van der Waals surface area contributed by atoms with Crippen molar-refractivity contribution in [2.75, 3.05) is 26.7 Å². The van der Waals surface area contributed by atoms with Gasteiger partial charge < -0.3 is 14.9 Å². The van der Waals surface area contributed by atoms with E-state index in [-0.39, 0.29) is 36.7 Å². The van der Waals surface area contributed by atoms with Crippen LogP contribution < -0.4 is 0 Å². The lowest BCUT2D eigenvalue weighted by atomic mass is 9.98. The van der Waals surface area contributed by atoms with E-state index in [4.69, 9.17) is 16.7 Å². The highest BCUT2D eigenvalue weighted by molar-refractivity contribution is 6.31. The summed E-state index contributed by atoms with van der Waals surface area (Å²) in [7, 11) is 1.54. The van der Waals surface area contributed by atoms with Crippen molar-refractivity contribution in [1.29, 1.82) is 0 Å². The van der Waals surface area contributed by atoms with Gasteiger partial charge in [-0.2, -0.15) is 0 Å². The Labute approximate surface area is 161 Å². The average molecular weight is 397 g/mol. The lowest BCUT2D eigenvalue weighted by Crippen LogP contribution is -2.47. The average Bonchev–Trinajstić information content (AvgIpc) is 3.41. The topological polar surface area (TPSA) is 77.9 Å². The number of likely N-dealkylation sites (N-methyl/N-ethyl adjacent to an activating group) is 1. The Balaban J connectivity index is 1.57. The fourth-order valence-electron chi connectivity index (χ4n) is 3.72. The van der Waals surface area contributed by atoms with Gasteiger partial charge in [0.1, 0.15) is 5.82 Å². The number of halogens is 2. The van der Waals surface area contributed by atoms with Gasteiger partial charge in [-0.1, -0.05) is 17.7 Å². The number of carbonyl (C=O) groups excluding carboxylic acids is 2. The summed E-state index contributed by atoms with van der Waals surface area (Å²) in [5.41, 5.74) is 0.359. The fraction of sp³-hybridized carbons (Fsp3) is 0.526. The first-order valence-electron chi connectivity index (χ1n) is 8.99. The van der Waals surface area contributed by atoms with E-state index in [0.29, 0.717) is 36.4 Å². The SMILES string of the molecule is CN(CC(=O)N1CCCC(C(=O)O)C1)C(=O)C1CC1c1c(F)cccc1Cl. The van der Waals surface area contributed by atoms with Crippen molar-refractivity contribution < 1.29 is 23.9 Å². The first-order valence-corrected chi connectivity index (χ1v) is 9.36. The third-order valence-corrected chi connectivity index (χ3v) is 5.68. The zero-order valence-corrected chi connectivity index (χ0v) is 15.8. The van der Waals surface area contributed by atoms with Crippen molar-refractivity contribution in [3.8, 4) is 0 Å². The summed E-state index contributed by atoms with van der Waals surface area (Å²) in [6, 6.07) is 4.44. The first kappa shape index (κ1) is 19.6. The van der Waals surface area contributed by atoms with Crippen LogP contribution in [-0.4, -0.2) is 59.4 Å². The van der Waals surface area contributed by atoms with Crippen LogP contribution in [0.25, 0.3) is 0 Å². The number of amides is 2. The summed E-state index contributed by atoms with van der Waals surface area (Å²) in [5.74, 6) is -3.02. The highest BCUT2D eigenvalue weighted by atomic mass is 35.5. The summed E-state index contributed by atoms with van der Waals surface area (Å²) in [6.45, 7) is 0.564. The van der Waals surface area contributed by atoms with Crippen molar-refractivity contribution in [1.82, 2.24) is 9.80 Å². The summed E-state index contributed by atoms with van der Waals surface area (Å²) >= 11 is 6.07. The Hall–Kier alpha value is -2.15. The van der Waals surface area contributed by atoms with Crippen LogP contribution in [-0.2, 0) is 14.4 Å². The normalized spacial score (nSPS) is 24.4. The molecule has 1 aromatic carbocycles. The molecule has 2 fully saturated rings. The molecule has 3 atom stereocenters. The number of rotatable bonds is 5. The lowest BCUT2D eigenvalue weighted by Gasteiger charge is -2.32. The number of benzene rings is 1. The molecule has 146 valence electrons. The summed E-state index contributed by atoms with van der Waals surface area (Å²) in [4.78, 5) is 39.0. The molecular weight excluding hydrogens is 375 g/mol. The molecule has 3 rings (SSSR count). The number of nitrogens with zero attached hydrogens (tertiary/aromatic N) is 2. The molecule has 0 spiro atoms. The molecule has 1 aliphatic heterocycles. The predicted octanol–water partition coefficient (Wildman–Crippen LogP) is 2.36. The van der Waals surface area contributed by atoms with Crippen LogP contribution in [0.15, 0.2) is 18.2 Å². The molecule has 1 N–H and O–H groups in total. The monoisotopic (exact) mass is 396 g/mol. The van der Waals surface area contributed by atoms with E-state index in [9.17, 15) is 18.8 Å². The van der Waals surface area contributed by atoms with Crippen LogP contribution >= 0.6 is 11.6 Å². The summed E-state index contributed by atoms with van der Waals surface area (Å²) < 4.78 is 14.0. The van der Waals surface area contributed by atoms with Crippen molar-refractivity contribution >= 4 is 29.4 Å². The van der Waals surface area contributed by atoms with Gasteiger partial charge in [-0.25, -0.2) is 4.39 Å². The zero-order chi connectivity index (χ0) is 19.7. The Morgan fingerprint density at radius 3 is 2.78 bits per heavy atom. The second-order valence-electron chi connectivity index (χ2n) is 7.30. The number of hydrogen-bond donors (Lipinski definition) is 1. The van der Waals surface area contributed by atoms with E-state index in [1.807, 2.05) is 0 Å². The maximum absolute atomic E-state index is 14.0. The molecule has 2 amide bonds. The molecule has 27 heavy (non-hydrogen) atoms. The second-order valence-corrected chi connectivity index (χ2v) is 7.70. The number of hydrogen-bond acceptors (Lipinski definition) is 3. The standard InChI is InChI=1S/C19H22ClFN2O4/c1-22(10-16(24)23-7-3-4-11(9-23)19(26)27)18(25)13-8-12(13)17-14(20)5-2-6-15(17)21/h2,5-6,11-13H,3-4,7-10H2,1H3,(H,26,27). The Morgan fingerprint density at radius 1 is 1.37 bits per heavy atom. The number of carboxylic acids is 1. The third-order valence-electron chi connectivity index (χ3n) is 5.35. The Kier molecular flexibility index (Phi) is 5.69. The highest BCUT2D eigenvalue weighted by Crippen LogP contribution is 2.51. The van der Waals surface area contributed by atoms with E-state index >= 15 is 0 Å². The van der Waals surface area contributed by atoms with Crippen molar-refractivity contribution in [2.24, 2.45) is 11.8 Å². The molecule has 1 aliphatic carbocycles. The van der Waals surface area contributed by atoms with E-state index in [0.717, 1.165) is 0 Å². The maximum atomic E-state index is 14.0. The van der Waals surface area contributed by atoms with E-state index in [1.54, 1.807) is 6.07 Å². The smallest absolute Gasteiger partial charge is 0.308 e. The third kappa shape index (κ3) is 4.24. The van der Waals surface area contributed by atoms with E-state index in [1.165, 1.54) is 29.0 Å². The molecule has 0 radical (unpaired) electrons. The molecule has 3 unspecified atom stereocenters. The van der Waals surface area contributed by atoms with Gasteiger partial charge in [0, 0.05) is 42.6 Å². The van der Waals surface area contributed by atoms with Gasteiger partial charge in [0.05, 0.1) is 12.5 Å². The predicted molar refractivity (Wildman–Crippen MR) is 96.8 cm³/mol. The zero-order valence-electron chi connectivity index (χ0n) is 15.0. The first-order chi connectivity index (χ1) is 12.8. The van der Waals surface area contributed by atoms with Gasteiger partial charge in [0.15, 0.2) is 0 Å². The summed E-state index contributed by atoms with van der Waals surface area (Å²) in [6.07, 6.45) is 1.70. The van der Waals surface area contributed by atoms with Gasteiger partial charge in [-0.3, -0.25) is 14.4 Å². The van der Waals surface area contributed by atoms with Crippen molar-refractivity contribution in [2.45, 2.75) is 25.2 Å². The van der Waals surface area contributed by atoms with Crippen molar-refractivity contribution in [3.05, 3.63) is 34.6 Å². The van der Waals surface area contributed by atoms with Crippen LogP contribution in [0.1, 0.15) is 30.7 Å². The number of likely N-dealkylation sites (tertiary alicyclic amines) is 1. The number of carboxylic acid groups (broad SMARTS) is 1. The fourth-order valence-corrected chi connectivity index (χ4v) is 4.02. The van der Waals surface area contributed by atoms with Gasteiger partial charge >= 0.3 is 5.97 Å². The van der Waals surface area contributed by atoms with Gasteiger partial charge in [0.25, 0.3) is 0 Å². The second kappa shape index (κ2) is 7.84. The van der Waals surface area contributed by atoms with Crippen LogP contribution in [0.4, 0.5) is 4.39 Å². The minimum absolute atomic E-state index is 0.112. The molecule has 6 nitrogen and oxygen atoms in total. The number of piperidine rings is 1. The quantitative estimate of drug-likeness (QED) is 0.828. The van der Waals surface area contributed by atoms with Crippen LogP contribution in [0.5, 0.6) is 0 Å². The molecule has 1 heterocycles. The van der Waals surface area contributed by atoms with Crippen LogP contribution in [0, 0.1) is 17.7 Å². The molecule has 1 saturated carbocycles. The maximum Gasteiger partial charge on any atom is 0.308 e. The Morgan fingerprint density at radius 2 is 2.11 bits per heavy atom. The number of carbonyl (C=O) groups is 3. The molecule has 8 heteroatoms. The molecule has 1 aromatic rings. The largest absolute Gasteiger partial charge is 0.481 e. The highest BCUT2D eigenvalue weighted by Gasteiger charge is 2.47. The molecule has 2 aliphatic rings. The van der Waals surface area contributed by atoms with Crippen LogP contribution in [0.3, 0.4) is 0 Å². The Bertz CT molecular complexity index is 752. The van der Waals surface area contributed by atoms with E-state index < -0.39 is 17.7 Å². The molecule has 0 bridgehead atoms. The minimum atomic E-state index is -0.903. The molecule has 1 saturated heterocycles. The van der Waals surface area contributed by atoms with Gasteiger partial charge in [-0.15, -0.1) is 0 Å². The summed E-state index contributed by atoms with van der Waals surface area (Å²) in [5, 5.41) is 9.43. The van der Waals surface area contributed by atoms with Gasteiger partial charge in [-0.05, 0) is 31.4 Å². The van der Waals surface area contributed by atoms with Crippen LogP contribution in [0.2, 0.25) is 5.02 Å². The molecule has 0 aromatic heterocycles.